The number of rotatable bonds is 8. The largest absolute Gasteiger partial charge is 0.480 e. The van der Waals surface area contributed by atoms with Crippen LogP contribution in [0.3, 0.4) is 0 Å². The first kappa shape index (κ1) is 39.5. The van der Waals surface area contributed by atoms with Crippen LogP contribution < -0.4 is 38.1 Å². The van der Waals surface area contributed by atoms with Gasteiger partial charge >= 0.3 is 5.97 Å². The van der Waals surface area contributed by atoms with E-state index in [1.807, 2.05) is 0 Å². The van der Waals surface area contributed by atoms with Gasteiger partial charge in [-0.2, -0.15) is 0 Å². The lowest BCUT2D eigenvalue weighted by molar-refractivity contribution is -0.149. The Morgan fingerprint density at radius 1 is 1.06 bits per heavy atom. The molecule has 0 saturated carbocycles. The number of halogens is 1. The van der Waals surface area contributed by atoms with Gasteiger partial charge in [0, 0.05) is 17.3 Å². The number of carboxylic acid groups (broad SMARTS) is 1. The number of carbonyl (C=O) groups excluding carboxylic acids is 7. The first-order valence-corrected chi connectivity index (χ1v) is 17.4. The molecule has 2 aliphatic heterocycles. The topological polar surface area (TPSA) is 288 Å². The average molecular weight is 748 g/mol. The number of carbonyl (C=O) groups is 8. The number of amides is 7. The molecule has 2 aromatic rings. The zero-order valence-electron chi connectivity index (χ0n) is 28.4. The van der Waals surface area contributed by atoms with Crippen molar-refractivity contribution in [2.45, 2.75) is 80.3 Å². The summed E-state index contributed by atoms with van der Waals surface area (Å²) in [5, 5.41) is 21.2. The van der Waals surface area contributed by atoms with Crippen molar-refractivity contribution < 1.29 is 47.9 Å². The molecule has 1 aromatic heterocycles. The van der Waals surface area contributed by atoms with Crippen LogP contribution in [0.15, 0.2) is 29.3 Å². The highest BCUT2D eigenvalue weighted by Crippen LogP contribution is 2.33. The van der Waals surface area contributed by atoms with E-state index in [-0.39, 0.29) is 17.4 Å². The minimum absolute atomic E-state index is 0.101. The van der Waals surface area contributed by atoms with Crippen molar-refractivity contribution in [1.82, 2.24) is 36.5 Å². The minimum atomic E-state index is -1.74. The number of nitrogens with two attached hydrogens (primary N) is 2. The predicted molar refractivity (Wildman–Crippen MR) is 184 cm³/mol. The number of hydrogen-bond acceptors (Lipinski definition) is 10. The second kappa shape index (κ2) is 17.3. The summed E-state index contributed by atoms with van der Waals surface area (Å²) in [6.45, 7) is 1.76. The molecule has 1 fully saturated rings. The van der Waals surface area contributed by atoms with Gasteiger partial charge in [-0.05, 0) is 24.0 Å². The van der Waals surface area contributed by atoms with E-state index in [0.717, 1.165) is 11.8 Å². The fourth-order valence-electron chi connectivity index (χ4n) is 5.87. The van der Waals surface area contributed by atoms with E-state index >= 15 is 0 Å². The Hall–Kier alpha value is -5.24. The van der Waals surface area contributed by atoms with Crippen molar-refractivity contribution in [3.63, 3.8) is 0 Å². The van der Waals surface area contributed by atoms with Crippen LogP contribution in [0.25, 0.3) is 10.9 Å². The molecule has 4 rings (SSSR count). The number of aliphatic carboxylic acids is 1. The summed E-state index contributed by atoms with van der Waals surface area (Å²) >= 11 is 0.756. The van der Waals surface area contributed by atoms with Crippen molar-refractivity contribution >= 4 is 70.0 Å². The number of carboxylic acids is 1. The number of fused-ring (bicyclic) bond motifs is 3. The first-order chi connectivity index (χ1) is 24.6. The molecule has 282 valence electrons. The number of primary amides is 1. The number of alkyl halides is 1. The smallest absolute Gasteiger partial charge is 0.326 e. The number of H-pyrrole nitrogens is 1. The Kier molecular flexibility index (Phi) is 13.2. The Morgan fingerprint density at radius 2 is 1.71 bits per heavy atom. The first-order valence-electron chi connectivity index (χ1n) is 16.5. The fraction of sp³-hybridized carbons (Fsp3) is 0.500. The SMILES string of the molecule is CC[C@H](C)[C@@H]1NC(=O)CNC(=O)[C@@H](N)Cc2c([nH]c3ccccc23)S[C@@H](C(=O)NC(CC(N)=O)C(=O)N2C[C@@H](F)C[C@H]2C(=O)O)NC(=O)CNC1=O. The molecule has 7 amide bonds. The molecule has 20 heteroatoms. The summed E-state index contributed by atoms with van der Waals surface area (Å²) in [4.78, 5) is 107. The number of aromatic nitrogens is 1. The highest BCUT2D eigenvalue weighted by molar-refractivity contribution is 8.00. The zero-order valence-corrected chi connectivity index (χ0v) is 29.2. The maximum absolute atomic E-state index is 14.2. The van der Waals surface area contributed by atoms with E-state index in [2.05, 4.69) is 31.6 Å². The Morgan fingerprint density at radius 3 is 2.37 bits per heavy atom. The molecule has 0 radical (unpaired) electrons. The number of thioether (sulfide) groups is 1. The molecule has 1 saturated heterocycles. The van der Waals surface area contributed by atoms with Crippen LogP contribution >= 0.6 is 11.8 Å². The third kappa shape index (κ3) is 9.75. The third-order valence-corrected chi connectivity index (χ3v) is 9.95. The lowest BCUT2D eigenvalue weighted by Crippen LogP contribution is -2.57. The van der Waals surface area contributed by atoms with Crippen molar-refractivity contribution in [2.75, 3.05) is 19.6 Å². The highest BCUT2D eigenvalue weighted by atomic mass is 32.2. The maximum atomic E-state index is 14.2. The number of nitrogens with zero attached hydrogens (tertiary/aromatic N) is 1. The van der Waals surface area contributed by atoms with Crippen molar-refractivity contribution in [3.05, 3.63) is 29.8 Å². The van der Waals surface area contributed by atoms with Gasteiger partial charge in [-0.3, -0.25) is 33.6 Å². The maximum Gasteiger partial charge on any atom is 0.326 e. The van der Waals surface area contributed by atoms with Gasteiger partial charge in [-0.15, -0.1) is 0 Å². The monoisotopic (exact) mass is 747 g/mol. The van der Waals surface area contributed by atoms with Gasteiger partial charge in [0.2, 0.25) is 35.4 Å². The number of nitrogens with one attached hydrogen (secondary N) is 6. The van der Waals surface area contributed by atoms with E-state index in [1.165, 1.54) is 0 Å². The lowest BCUT2D eigenvalue weighted by Gasteiger charge is -2.28. The Labute approximate surface area is 301 Å². The Bertz CT molecular complexity index is 1740. The van der Waals surface area contributed by atoms with Gasteiger partial charge in [-0.1, -0.05) is 50.2 Å². The molecule has 52 heavy (non-hydrogen) atoms. The highest BCUT2D eigenvalue weighted by Gasteiger charge is 2.43. The second-order valence-electron chi connectivity index (χ2n) is 12.6. The van der Waals surface area contributed by atoms with Crippen LogP contribution in [-0.2, 0) is 44.8 Å². The fourth-order valence-corrected chi connectivity index (χ4v) is 6.97. The number of benzene rings is 1. The molecule has 0 bridgehead atoms. The molecule has 3 heterocycles. The van der Waals surface area contributed by atoms with Crippen LogP contribution in [0.1, 0.15) is 38.7 Å². The summed E-state index contributed by atoms with van der Waals surface area (Å²) in [5.41, 5.74) is 12.7. The number of para-hydroxylation sites is 1. The van der Waals surface area contributed by atoms with Crippen LogP contribution in [-0.4, -0.2) is 118 Å². The molecular formula is C32H42FN9O9S. The molecule has 0 spiro atoms. The van der Waals surface area contributed by atoms with Crippen molar-refractivity contribution in [3.8, 4) is 0 Å². The number of hydrogen-bond donors (Lipinski definition) is 9. The van der Waals surface area contributed by atoms with E-state index < -0.39 is 116 Å². The standard InChI is InChI=1S/C32H42FN9O9S/c1-3-14(2)25-27(47)37-12-24(45)41-30(28(48)38-20(10-22(35)43)31(49)42-13-15(33)8-21(42)32(50)51)52-29-17(16-6-4-5-7-19(16)39-29)9-18(34)26(46)36-11-23(44)40-25/h4-7,14-15,18,20-21,25,30,39H,3,8-13,34H2,1-2H3,(H2,35,43)(H,36,46)(H,37,47)(H,38,48)(H,40,44)(H,41,45)(H,50,51)/t14-,15-,18-,20?,21-,25-,30-/m0/s1. The molecule has 1 unspecified atom stereocenters. The van der Waals surface area contributed by atoms with Gasteiger partial charge in [-0.25, -0.2) is 9.18 Å². The van der Waals surface area contributed by atoms with E-state index in [1.54, 1.807) is 38.1 Å². The van der Waals surface area contributed by atoms with Crippen LogP contribution in [0.4, 0.5) is 4.39 Å². The van der Waals surface area contributed by atoms with E-state index in [4.69, 9.17) is 11.5 Å². The van der Waals surface area contributed by atoms with Crippen LogP contribution in [0, 0.1) is 5.92 Å². The molecular weight excluding hydrogens is 705 g/mol. The van der Waals surface area contributed by atoms with Crippen molar-refractivity contribution in [1.29, 1.82) is 0 Å². The van der Waals surface area contributed by atoms with Crippen LogP contribution in [0.5, 0.6) is 0 Å². The predicted octanol–water partition coefficient (Wildman–Crippen LogP) is -2.27. The molecule has 0 aliphatic carbocycles. The lowest BCUT2D eigenvalue weighted by atomic mass is 9.98. The molecule has 18 nitrogen and oxygen atoms in total. The van der Waals surface area contributed by atoms with Gasteiger partial charge < -0.3 is 53.0 Å². The third-order valence-electron chi connectivity index (χ3n) is 8.80. The van der Waals surface area contributed by atoms with Gasteiger partial charge in [0.1, 0.15) is 24.3 Å². The molecule has 2 aliphatic rings. The summed E-state index contributed by atoms with van der Waals surface area (Å²) in [6, 6.07) is 1.33. The van der Waals surface area contributed by atoms with Gasteiger partial charge in [0.15, 0.2) is 5.37 Å². The normalized spacial score (nSPS) is 24.7. The van der Waals surface area contributed by atoms with E-state index in [0.29, 0.717) is 27.8 Å². The zero-order chi connectivity index (χ0) is 38.3. The number of aromatic amines is 1. The summed E-state index contributed by atoms with van der Waals surface area (Å²) in [5.74, 6) is -7.95. The second-order valence-corrected chi connectivity index (χ2v) is 13.7. The minimum Gasteiger partial charge on any atom is -0.480 e. The van der Waals surface area contributed by atoms with E-state index in [9.17, 15) is 47.9 Å². The average Bonchev–Trinajstić information content (AvgIpc) is 3.66. The summed E-state index contributed by atoms with van der Waals surface area (Å²) in [6.07, 6.45) is -2.58. The number of likely N-dealkylation sites (tertiary alicyclic amines) is 1. The summed E-state index contributed by atoms with van der Waals surface area (Å²) < 4.78 is 14.2. The Balaban J connectivity index is 1.71. The van der Waals surface area contributed by atoms with Crippen LogP contribution in [0.2, 0.25) is 0 Å². The molecule has 1 aromatic carbocycles. The quantitative estimate of drug-likeness (QED) is 0.139. The van der Waals surface area contributed by atoms with Gasteiger partial charge in [0.05, 0.1) is 37.1 Å². The van der Waals surface area contributed by atoms with Gasteiger partial charge in [0.25, 0.3) is 5.91 Å². The molecule has 7 atom stereocenters. The summed E-state index contributed by atoms with van der Waals surface area (Å²) in [7, 11) is 0. The van der Waals surface area contributed by atoms with Crippen molar-refractivity contribution in [2.24, 2.45) is 17.4 Å². The molecule has 11 N–H and O–H groups in total.